The zero-order valence-electron chi connectivity index (χ0n) is 15.7. The number of hydrogen-bond donors (Lipinski definition) is 1. The van der Waals surface area contributed by atoms with Gasteiger partial charge in [0.2, 0.25) is 0 Å². The molecule has 0 bridgehead atoms. The van der Waals surface area contributed by atoms with Crippen LogP contribution in [0.4, 0.5) is 0 Å². The maximum atomic E-state index is 12.9. The van der Waals surface area contributed by atoms with E-state index in [2.05, 4.69) is 5.43 Å². The van der Waals surface area contributed by atoms with Gasteiger partial charge in [0.25, 0.3) is 11.8 Å². The number of fused-ring (bicyclic) bond motifs is 1. The van der Waals surface area contributed by atoms with Crippen molar-refractivity contribution in [3.05, 3.63) is 81.7 Å². The highest BCUT2D eigenvalue weighted by Crippen LogP contribution is 2.36. The van der Waals surface area contributed by atoms with Crippen LogP contribution in [-0.2, 0) is 4.79 Å². The number of benzene rings is 3. The second-order valence-electron chi connectivity index (χ2n) is 6.37. The molecule has 1 aliphatic rings. The molecule has 0 atom stereocenters. The summed E-state index contributed by atoms with van der Waals surface area (Å²) in [5.74, 6) is -0.210. The molecule has 1 aliphatic heterocycles. The lowest BCUT2D eigenvalue weighted by molar-refractivity contribution is -0.123. The maximum absolute atomic E-state index is 12.9. The molecule has 0 saturated carbocycles. The van der Waals surface area contributed by atoms with Crippen molar-refractivity contribution in [3.8, 4) is 5.75 Å². The van der Waals surface area contributed by atoms with Gasteiger partial charge in [0.15, 0.2) is 4.32 Å². The molecule has 0 spiro atoms. The summed E-state index contributed by atoms with van der Waals surface area (Å²) in [5.41, 5.74) is 3.71. The standard InChI is InChI=1S/C22H15ClN2O3S2/c1-28-18-11-8-13-4-2-3-5-16(13)17(18)12-19-21(27)25(22(29)30-19)24-20(26)14-6-9-15(23)10-7-14/h2-12H,1H3,(H,24,26)/b19-12+. The van der Waals surface area contributed by atoms with Crippen LogP contribution < -0.4 is 10.2 Å². The first-order valence-corrected chi connectivity index (χ1v) is 10.5. The third-order valence-corrected chi connectivity index (χ3v) is 6.09. The molecule has 8 heteroatoms. The second kappa shape index (κ2) is 8.47. The summed E-state index contributed by atoms with van der Waals surface area (Å²) in [5, 5.41) is 3.58. The Bertz CT molecular complexity index is 1210. The Labute approximate surface area is 187 Å². The Kier molecular flexibility index (Phi) is 5.76. The van der Waals surface area contributed by atoms with Gasteiger partial charge < -0.3 is 4.74 Å². The average Bonchev–Trinajstić information content (AvgIpc) is 3.01. The van der Waals surface area contributed by atoms with E-state index in [0.717, 1.165) is 33.1 Å². The first-order chi connectivity index (χ1) is 14.5. The van der Waals surface area contributed by atoms with Gasteiger partial charge in [0.05, 0.1) is 12.0 Å². The van der Waals surface area contributed by atoms with Gasteiger partial charge >= 0.3 is 0 Å². The van der Waals surface area contributed by atoms with E-state index >= 15 is 0 Å². The molecule has 150 valence electrons. The predicted molar refractivity (Wildman–Crippen MR) is 124 cm³/mol. The fourth-order valence-corrected chi connectivity index (χ4v) is 4.35. The number of methoxy groups -OCH3 is 1. The fourth-order valence-electron chi connectivity index (χ4n) is 3.07. The van der Waals surface area contributed by atoms with Crippen molar-refractivity contribution in [2.24, 2.45) is 0 Å². The first-order valence-electron chi connectivity index (χ1n) is 8.88. The van der Waals surface area contributed by atoms with E-state index in [4.69, 9.17) is 28.6 Å². The highest BCUT2D eigenvalue weighted by Gasteiger charge is 2.34. The third kappa shape index (κ3) is 3.92. The smallest absolute Gasteiger partial charge is 0.285 e. The number of ether oxygens (including phenoxy) is 1. The lowest BCUT2D eigenvalue weighted by Crippen LogP contribution is -2.44. The minimum Gasteiger partial charge on any atom is -0.496 e. The van der Waals surface area contributed by atoms with Gasteiger partial charge in [-0.25, -0.2) is 0 Å². The lowest BCUT2D eigenvalue weighted by atomic mass is 10.0. The highest BCUT2D eigenvalue weighted by atomic mass is 35.5. The summed E-state index contributed by atoms with van der Waals surface area (Å²) in [6.45, 7) is 0. The van der Waals surface area contributed by atoms with Crippen molar-refractivity contribution < 1.29 is 14.3 Å². The fraction of sp³-hybridized carbons (Fsp3) is 0.0455. The molecule has 3 aromatic carbocycles. The van der Waals surface area contributed by atoms with Crippen LogP contribution >= 0.6 is 35.6 Å². The summed E-state index contributed by atoms with van der Waals surface area (Å²) in [4.78, 5) is 25.8. The van der Waals surface area contributed by atoms with Gasteiger partial charge in [-0.05, 0) is 59.4 Å². The van der Waals surface area contributed by atoms with Crippen LogP contribution in [0, 0.1) is 0 Å². The van der Waals surface area contributed by atoms with E-state index in [1.165, 1.54) is 0 Å². The lowest BCUT2D eigenvalue weighted by Gasteiger charge is -2.15. The van der Waals surface area contributed by atoms with Gasteiger partial charge in [0.1, 0.15) is 5.75 Å². The van der Waals surface area contributed by atoms with Crippen LogP contribution in [0.2, 0.25) is 5.02 Å². The second-order valence-corrected chi connectivity index (χ2v) is 8.48. The van der Waals surface area contributed by atoms with Crippen LogP contribution in [0.3, 0.4) is 0 Å². The van der Waals surface area contributed by atoms with E-state index < -0.39 is 11.8 Å². The molecule has 5 nitrogen and oxygen atoms in total. The van der Waals surface area contributed by atoms with E-state index in [9.17, 15) is 9.59 Å². The van der Waals surface area contributed by atoms with Crippen molar-refractivity contribution in [2.45, 2.75) is 0 Å². The molecule has 1 fully saturated rings. The van der Waals surface area contributed by atoms with Crippen molar-refractivity contribution in [3.63, 3.8) is 0 Å². The van der Waals surface area contributed by atoms with Crippen LogP contribution in [0.5, 0.6) is 5.75 Å². The number of halogens is 1. The molecule has 2 amide bonds. The Balaban J connectivity index is 1.64. The number of hydrazine groups is 1. The van der Waals surface area contributed by atoms with E-state index in [0.29, 0.717) is 21.2 Å². The SMILES string of the molecule is COc1ccc2ccccc2c1/C=C1/SC(=S)N(NC(=O)c2ccc(Cl)cc2)C1=O. The number of carbonyl (C=O) groups is 2. The molecular weight excluding hydrogens is 440 g/mol. The largest absolute Gasteiger partial charge is 0.496 e. The molecule has 0 aliphatic carbocycles. The van der Waals surface area contributed by atoms with Crippen molar-refractivity contribution in [2.75, 3.05) is 7.11 Å². The van der Waals surface area contributed by atoms with Crippen molar-refractivity contribution >= 4 is 68.6 Å². The number of hydrogen-bond acceptors (Lipinski definition) is 5. The van der Waals surface area contributed by atoms with Gasteiger partial charge in [-0.3, -0.25) is 15.0 Å². The Morgan fingerprint density at radius 3 is 2.60 bits per heavy atom. The zero-order valence-corrected chi connectivity index (χ0v) is 18.1. The van der Waals surface area contributed by atoms with Crippen LogP contribution in [0.15, 0.2) is 65.6 Å². The van der Waals surface area contributed by atoms with Crippen molar-refractivity contribution in [1.29, 1.82) is 0 Å². The molecule has 1 N–H and O–H groups in total. The number of thiocarbonyl (C=S) groups is 1. The van der Waals surface area contributed by atoms with Crippen LogP contribution in [-0.4, -0.2) is 28.3 Å². The first kappa shape index (κ1) is 20.4. The minimum absolute atomic E-state index is 0.243. The number of carbonyl (C=O) groups excluding carboxylic acids is 2. The van der Waals surface area contributed by atoms with Crippen LogP contribution in [0.25, 0.3) is 16.8 Å². The Hall–Kier alpha value is -2.87. The number of rotatable bonds is 4. The summed E-state index contributed by atoms with van der Waals surface area (Å²) in [6, 6.07) is 18.0. The van der Waals surface area contributed by atoms with E-state index in [1.807, 2.05) is 36.4 Å². The number of thioether (sulfide) groups is 1. The quantitative estimate of drug-likeness (QED) is 0.441. The number of amides is 2. The highest BCUT2D eigenvalue weighted by molar-refractivity contribution is 8.26. The molecule has 1 heterocycles. The number of nitrogens with one attached hydrogen (secondary N) is 1. The summed E-state index contributed by atoms with van der Waals surface area (Å²) in [6.07, 6.45) is 1.74. The van der Waals surface area contributed by atoms with Gasteiger partial charge in [-0.15, -0.1) is 0 Å². The summed E-state index contributed by atoms with van der Waals surface area (Å²) in [7, 11) is 1.58. The summed E-state index contributed by atoms with van der Waals surface area (Å²) >= 11 is 12.3. The predicted octanol–water partition coefficient (Wildman–Crippen LogP) is 5.05. The van der Waals surface area contributed by atoms with Crippen molar-refractivity contribution in [1.82, 2.24) is 10.4 Å². The molecule has 0 unspecified atom stereocenters. The molecule has 3 aromatic rings. The summed E-state index contributed by atoms with van der Waals surface area (Å²) < 4.78 is 5.74. The molecular formula is C22H15ClN2O3S2. The molecule has 30 heavy (non-hydrogen) atoms. The monoisotopic (exact) mass is 454 g/mol. The van der Waals surface area contributed by atoms with Crippen LogP contribution in [0.1, 0.15) is 15.9 Å². The topological polar surface area (TPSA) is 58.6 Å². The number of nitrogens with zero attached hydrogens (tertiary/aromatic N) is 1. The third-order valence-electron chi connectivity index (χ3n) is 4.54. The molecule has 1 saturated heterocycles. The average molecular weight is 455 g/mol. The maximum Gasteiger partial charge on any atom is 0.285 e. The minimum atomic E-state index is -0.452. The normalized spacial score (nSPS) is 15.1. The zero-order chi connectivity index (χ0) is 21.3. The van der Waals surface area contributed by atoms with Gasteiger partial charge in [-0.2, -0.15) is 5.01 Å². The van der Waals surface area contributed by atoms with E-state index in [-0.39, 0.29) is 4.32 Å². The Morgan fingerprint density at radius 2 is 1.87 bits per heavy atom. The molecule has 0 aromatic heterocycles. The molecule has 0 radical (unpaired) electrons. The van der Waals surface area contributed by atoms with E-state index in [1.54, 1.807) is 37.5 Å². The molecule has 4 rings (SSSR count). The van der Waals surface area contributed by atoms with Gasteiger partial charge in [-0.1, -0.05) is 53.7 Å². The Morgan fingerprint density at radius 1 is 1.13 bits per heavy atom. The van der Waals surface area contributed by atoms with Gasteiger partial charge in [0, 0.05) is 16.1 Å².